The van der Waals surface area contributed by atoms with Crippen molar-refractivity contribution in [3.05, 3.63) is 34.3 Å². The normalized spacial score (nSPS) is 18.2. The topological polar surface area (TPSA) is 52.6 Å². The Balaban J connectivity index is 2.26. The van der Waals surface area contributed by atoms with Crippen LogP contribution in [0.4, 0.5) is 0 Å². The predicted octanol–water partition coefficient (Wildman–Crippen LogP) is 1.88. The molecule has 1 aromatic rings. The maximum absolute atomic E-state index is 12.1. The molecule has 1 aliphatic carbocycles. The fourth-order valence-corrected chi connectivity index (χ4v) is 2.39. The van der Waals surface area contributed by atoms with Crippen LogP contribution in [-0.2, 0) is 20.7 Å². The van der Waals surface area contributed by atoms with Gasteiger partial charge in [-0.05, 0) is 30.2 Å². The highest BCUT2D eigenvalue weighted by Gasteiger charge is 2.39. The minimum atomic E-state index is -0.997. The second-order valence-corrected chi connectivity index (χ2v) is 4.56. The fourth-order valence-electron chi connectivity index (χ4n) is 2.19. The van der Waals surface area contributed by atoms with E-state index in [1.807, 2.05) is 0 Å². The van der Waals surface area contributed by atoms with Gasteiger partial charge in [0.2, 0.25) is 6.29 Å². The van der Waals surface area contributed by atoms with E-state index in [2.05, 4.69) is 0 Å². The van der Waals surface area contributed by atoms with E-state index in [1.54, 1.807) is 18.2 Å². The van der Waals surface area contributed by atoms with Gasteiger partial charge in [-0.3, -0.25) is 9.59 Å². The van der Waals surface area contributed by atoms with Gasteiger partial charge in [-0.2, -0.15) is 0 Å². The largest absolute Gasteiger partial charge is 0.349 e. The Kier molecular flexibility index (Phi) is 3.80. The van der Waals surface area contributed by atoms with Crippen molar-refractivity contribution in [3.63, 3.8) is 0 Å². The molecule has 4 nitrogen and oxygen atoms in total. The number of methoxy groups -OCH3 is 2. The summed E-state index contributed by atoms with van der Waals surface area (Å²) in [7, 11) is 2.74. The first-order chi connectivity index (χ1) is 8.58. The van der Waals surface area contributed by atoms with Crippen molar-refractivity contribution in [2.24, 2.45) is 5.92 Å². The number of Topliss-reactive ketones (excluding diaryl/α,β-unsaturated/α-hetero) is 2. The Morgan fingerprint density at radius 3 is 2.67 bits per heavy atom. The van der Waals surface area contributed by atoms with Crippen LogP contribution in [0.1, 0.15) is 15.9 Å². The summed E-state index contributed by atoms with van der Waals surface area (Å²) in [6.07, 6.45) is -0.639. The summed E-state index contributed by atoms with van der Waals surface area (Å²) in [4.78, 5) is 24.2. The van der Waals surface area contributed by atoms with E-state index in [4.69, 9.17) is 21.1 Å². The van der Waals surface area contributed by atoms with Gasteiger partial charge in [0.25, 0.3) is 0 Å². The smallest absolute Gasteiger partial charge is 0.218 e. The van der Waals surface area contributed by atoms with Crippen molar-refractivity contribution in [1.82, 2.24) is 0 Å². The van der Waals surface area contributed by atoms with E-state index in [1.165, 1.54) is 14.2 Å². The number of ether oxygens (including phenoxy) is 2. The Morgan fingerprint density at radius 2 is 2.06 bits per heavy atom. The van der Waals surface area contributed by atoms with Crippen LogP contribution >= 0.6 is 11.6 Å². The molecule has 0 spiro atoms. The van der Waals surface area contributed by atoms with Gasteiger partial charge >= 0.3 is 0 Å². The van der Waals surface area contributed by atoms with Crippen molar-refractivity contribution in [1.29, 1.82) is 0 Å². The third kappa shape index (κ3) is 2.19. The molecule has 0 aliphatic heterocycles. The van der Waals surface area contributed by atoms with Crippen LogP contribution < -0.4 is 0 Å². The Hall–Kier alpha value is -1.23. The highest BCUT2D eigenvalue weighted by atomic mass is 35.5. The third-order valence-corrected chi connectivity index (χ3v) is 3.31. The second kappa shape index (κ2) is 5.18. The summed E-state index contributed by atoms with van der Waals surface area (Å²) >= 11 is 5.87. The molecule has 0 aromatic heterocycles. The van der Waals surface area contributed by atoms with Crippen molar-refractivity contribution in [2.45, 2.75) is 12.7 Å². The summed E-state index contributed by atoms with van der Waals surface area (Å²) in [5.41, 5.74) is 1.36. The molecule has 0 amide bonds. The molecular weight excluding hydrogens is 256 g/mol. The van der Waals surface area contributed by atoms with Gasteiger partial charge in [-0.1, -0.05) is 11.6 Å². The highest BCUT2D eigenvalue weighted by Crippen LogP contribution is 2.30. The molecule has 0 N–H and O–H groups in total. The van der Waals surface area contributed by atoms with E-state index >= 15 is 0 Å². The molecule has 0 saturated heterocycles. The van der Waals surface area contributed by atoms with Crippen LogP contribution in [0.15, 0.2) is 18.2 Å². The molecule has 0 saturated carbocycles. The SMILES string of the molecule is COC(OC)C(=O)C1Cc2cc(Cl)ccc2C1=O. The van der Waals surface area contributed by atoms with Crippen molar-refractivity contribution >= 4 is 23.2 Å². The molecule has 0 radical (unpaired) electrons. The van der Waals surface area contributed by atoms with E-state index < -0.39 is 12.2 Å². The van der Waals surface area contributed by atoms with Crippen LogP contribution in [0, 0.1) is 5.92 Å². The molecule has 96 valence electrons. The van der Waals surface area contributed by atoms with Gasteiger partial charge in [-0.25, -0.2) is 0 Å². The number of ketones is 2. The first kappa shape index (κ1) is 13.2. The number of fused-ring (bicyclic) bond motifs is 1. The minimum absolute atomic E-state index is 0.189. The quantitative estimate of drug-likeness (QED) is 0.618. The maximum Gasteiger partial charge on any atom is 0.218 e. The van der Waals surface area contributed by atoms with Crippen LogP contribution in [0.5, 0.6) is 0 Å². The molecule has 1 aromatic carbocycles. The summed E-state index contributed by atoms with van der Waals surface area (Å²) in [5.74, 6) is -1.27. The minimum Gasteiger partial charge on any atom is -0.349 e. The van der Waals surface area contributed by atoms with Crippen LogP contribution in [0.3, 0.4) is 0 Å². The zero-order chi connectivity index (χ0) is 13.3. The lowest BCUT2D eigenvalue weighted by Gasteiger charge is -2.15. The van der Waals surface area contributed by atoms with Crippen LogP contribution in [0.2, 0.25) is 5.02 Å². The molecule has 1 unspecified atom stereocenters. The predicted molar refractivity (Wildman–Crippen MR) is 65.8 cm³/mol. The van der Waals surface area contributed by atoms with Crippen LogP contribution in [0.25, 0.3) is 0 Å². The fraction of sp³-hybridized carbons (Fsp3) is 0.385. The highest BCUT2D eigenvalue weighted by molar-refractivity contribution is 6.31. The second-order valence-electron chi connectivity index (χ2n) is 4.13. The number of carbonyl (C=O) groups is 2. The summed E-state index contributed by atoms with van der Waals surface area (Å²) in [6.45, 7) is 0. The number of carbonyl (C=O) groups excluding carboxylic acids is 2. The molecule has 0 bridgehead atoms. The maximum atomic E-state index is 12.1. The zero-order valence-corrected chi connectivity index (χ0v) is 10.9. The van der Waals surface area contributed by atoms with Crippen LogP contribution in [-0.4, -0.2) is 32.1 Å². The lowest BCUT2D eigenvalue weighted by molar-refractivity contribution is -0.159. The molecule has 2 rings (SSSR count). The average Bonchev–Trinajstić information content (AvgIpc) is 2.67. The molecule has 0 fully saturated rings. The Labute approximate surface area is 110 Å². The lowest BCUT2D eigenvalue weighted by Crippen LogP contribution is -2.34. The monoisotopic (exact) mass is 268 g/mol. The summed E-state index contributed by atoms with van der Waals surface area (Å²) < 4.78 is 9.79. The van der Waals surface area contributed by atoms with Gasteiger partial charge in [0.1, 0.15) is 0 Å². The Bertz CT molecular complexity index is 494. The molecule has 1 atom stereocenters. The summed E-state index contributed by atoms with van der Waals surface area (Å²) in [6, 6.07) is 5.02. The van der Waals surface area contributed by atoms with Gasteiger partial charge in [0.05, 0.1) is 5.92 Å². The number of hydrogen-bond acceptors (Lipinski definition) is 4. The standard InChI is InChI=1S/C13H13ClO4/c1-17-13(18-2)12(16)10-6-7-5-8(14)3-4-9(7)11(10)15/h3-5,10,13H,6H2,1-2H3. The number of hydrogen-bond donors (Lipinski definition) is 0. The molecule has 0 heterocycles. The molecular formula is C13H13ClO4. The van der Waals surface area contributed by atoms with E-state index in [-0.39, 0.29) is 11.6 Å². The summed E-state index contributed by atoms with van der Waals surface area (Å²) in [5, 5.41) is 0.560. The lowest BCUT2D eigenvalue weighted by atomic mass is 9.99. The third-order valence-electron chi connectivity index (χ3n) is 3.08. The number of benzene rings is 1. The van der Waals surface area contributed by atoms with Crippen molar-refractivity contribution in [2.75, 3.05) is 14.2 Å². The van der Waals surface area contributed by atoms with Crippen molar-refractivity contribution in [3.8, 4) is 0 Å². The van der Waals surface area contributed by atoms with E-state index in [0.29, 0.717) is 17.0 Å². The molecule has 1 aliphatic rings. The zero-order valence-electron chi connectivity index (χ0n) is 10.1. The number of halogens is 1. The number of rotatable bonds is 4. The average molecular weight is 269 g/mol. The first-order valence-electron chi connectivity index (χ1n) is 5.50. The van der Waals surface area contributed by atoms with Gasteiger partial charge in [0, 0.05) is 24.8 Å². The van der Waals surface area contributed by atoms with Gasteiger partial charge in [0.15, 0.2) is 11.6 Å². The van der Waals surface area contributed by atoms with E-state index in [9.17, 15) is 9.59 Å². The molecule has 18 heavy (non-hydrogen) atoms. The van der Waals surface area contributed by atoms with Crippen molar-refractivity contribution < 1.29 is 19.1 Å². The molecule has 5 heteroatoms. The van der Waals surface area contributed by atoms with E-state index in [0.717, 1.165) is 5.56 Å². The Morgan fingerprint density at radius 1 is 1.39 bits per heavy atom. The van der Waals surface area contributed by atoms with Gasteiger partial charge < -0.3 is 9.47 Å². The van der Waals surface area contributed by atoms with Gasteiger partial charge in [-0.15, -0.1) is 0 Å². The first-order valence-corrected chi connectivity index (χ1v) is 5.88.